The molecule has 1 amide bonds. The second-order valence-corrected chi connectivity index (χ2v) is 10.8. The molecule has 0 radical (unpaired) electrons. The molecule has 1 saturated heterocycles. The van der Waals surface area contributed by atoms with Crippen LogP contribution in [0.5, 0.6) is 0 Å². The Hall–Kier alpha value is -2.03. The lowest BCUT2D eigenvalue weighted by Gasteiger charge is -2.36. The smallest absolute Gasteiger partial charge is 0.254 e. The third kappa shape index (κ3) is 4.53. The molecule has 0 saturated carbocycles. The largest absolute Gasteiger partial charge is 0.352 e. The van der Waals surface area contributed by atoms with Crippen molar-refractivity contribution < 1.29 is 4.79 Å². The lowest BCUT2D eigenvalue weighted by molar-refractivity contribution is 0.0746. The minimum atomic E-state index is 0.100. The molecule has 0 unspecified atom stereocenters. The predicted octanol–water partition coefficient (Wildman–Crippen LogP) is 4.75. The van der Waals surface area contributed by atoms with Gasteiger partial charge in [0.1, 0.15) is 16.5 Å². The molecule has 33 heavy (non-hydrogen) atoms. The second kappa shape index (κ2) is 9.68. The van der Waals surface area contributed by atoms with Crippen LogP contribution in [-0.4, -0.2) is 64.9 Å². The van der Waals surface area contributed by atoms with Gasteiger partial charge in [0.15, 0.2) is 0 Å². The summed E-state index contributed by atoms with van der Waals surface area (Å²) in [5.74, 6) is 2.13. The first kappa shape index (κ1) is 22.7. The van der Waals surface area contributed by atoms with Crippen molar-refractivity contribution in [2.45, 2.75) is 39.7 Å². The van der Waals surface area contributed by atoms with Crippen molar-refractivity contribution in [3.8, 4) is 0 Å². The average molecular weight is 529 g/mol. The lowest BCUT2D eigenvalue weighted by atomic mass is 10.0. The molecule has 0 spiro atoms. The van der Waals surface area contributed by atoms with Crippen LogP contribution < -0.4 is 4.90 Å². The molecule has 3 aromatic rings. The Labute approximate surface area is 207 Å². The summed E-state index contributed by atoms with van der Waals surface area (Å²) in [6, 6.07) is 7.66. The Morgan fingerprint density at radius 3 is 2.67 bits per heavy atom. The SMILES string of the molecule is CCCc1nc(N2CCN(C(=O)c3cccc(Br)c3)CC2)c2c3c(sc2n1)CN(CC)CC3. The maximum atomic E-state index is 13.0. The summed E-state index contributed by atoms with van der Waals surface area (Å²) < 4.78 is 0.933. The molecule has 1 fully saturated rings. The van der Waals surface area contributed by atoms with Gasteiger partial charge in [0.25, 0.3) is 5.91 Å². The topological polar surface area (TPSA) is 52.6 Å². The lowest BCUT2D eigenvalue weighted by Crippen LogP contribution is -2.49. The van der Waals surface area contributed by atoms with Crippen LogP contribution in [0.2, 0.25) is 0 Å². The fourth-order valence-electron chi connectivity index (χ4n) is 4.83. The Morgan fingerprint density at radius 2 is 1.94 bits per heavy atom. The van der Waals surface area contributed by atoms with E-state index in [1.165, 1.54) is 15.8 Å². The first-order chi connectivity index (χ1) is 16.1. The summed E-state index contributed by atoms with van der Waals surface area (Å²) in [6.07, 6.45) is 3.00. The standard InChI is InChI=1S/C25H30BrN5OS/c1-3-6-21-27-23(22-19-9-10-29(4-2)16-20(19)33-24(22)28-21)30-11-13-31(14-12-30)25(32)17-7-5-8-18(26)15-17/h5,7-8,15H,3-4,6,9-14,16H2,1-2H3. The van der Waals surface area contributed by atoms with Crippen molar-refractivity contribution in [1.82, 2.24) is 19.8 Å². The van der Waals surface area contributed by atoms with Gasteiger partial charge < -0.3 is 9.80 Å². The van der Waals surface area contributed by atoms with E-state index in [1.54, 1.807) is 0 Å². The number of anilines is 1. The van der Waals surface area contributed by atoms with Crippen LogP contribution in [0.25, 0.3) is 10.2 Å². The van der Waals surface area contributed by atoms with Crippen molar-refractivity contribution in [3.05, 3.63) is 50.6 Å². The number of piperazine rings is 1. The number of carbonyl (C=O) groups excluding carboxylic acids is 1. The summed E-state index contributed by atoms with van der Waals surface area (Å²) in [6.45, 7) is 10.6. The molecule has 0 bridgehead atoms. The zero-order valence-corrected chi connectivity index (χ0v) is 21.7. The molecular weight excluding hydrogens is 498 g/mol. The van der Waals surface area contributed by atoms with E-state index in [1.807, 2.05) is 40.5 Å². The van der Waals surface area contributed by atoms with Crippen LogP contribution in [-0.2, 0) is 19.4 Å². The van der Waals surface area contributed by atoms with E-state index >= 15 is 0 Å². The first-order valence-electron chi connectivity index (χ1n) is 11.9. The number of hydrogen-bond acceptors (Lipinski definition) is 6. The van der Waals surface area contributed by atoms with Crippen molar-refractivity contribution in [2.75, 3.05) is 44.2 Å². The molecule has 6 nitrogen and oxygen atoms in total. The molecule has 1 aromatic carbocycles. The number of carbonyl (C=O) groups is 1. The molecule has 2 aromatic heterocycles. The zero-order chi connectivity index (χ0) is 22.9. The number of benzene rings is 1. The number of rotatable bonds is 5. The molecule has 2 aliphatic rings. The number of likely N-dealkylation sites (N-methyl/N-ethyl adjacent to an activating group) is 1. The molecule has 0 atom stereocenters. The van der Waals surface area contributed by atoms with Crippen molar-refractivity contribution in [1.29, 1.82) is 0 Å². The maximum absolute atomic E-state index is 13.0. The second-order valence-electron chi connectivity index (χ2n) is 8.81. The van der Waals surface area contributed by atoms with Gasteiger partial charge in [0.05, 0.1) is 5.39 Å². The number of aromatic nitrogens is 2. The molecule has 4 heterocycles. The summed E-state index contributed by atoms with van der Waals surface area (Å²) in [4.78, 5) is 32.5. The fourth-order valence-corrected chi connectivity index (χ4v) is 6.51. The highest BCUT2D eigenvalue weighted by molar-refractivity contribution is 9.10. The van der Waals surface area contributed by atoms with Gasteiger partial charge in [0, 0.05) is 60.6 Å². The van der Waals surface area contributed by atoms with Gasteiger partial charge >= 0.3 is 0 Å². The number of thiophene rings is 1. The fraction of sp³-hybridized carbons (Fsp3) is 0.480. The number of halogens is 1. The van der Waals surface area contributed by atoms with E-state index in [2.05, 4.69) is 39.6 Å². The number of nitrogens with zero attached hydrogens (tertiary/aromatic N) is 5. The van der Waals surface area contributed by atoms with Crippen LogP contribution in [0.3, 0.4) is 0 Å². The number of hydrogen-bond donors (Lipinski definition) is 0. The molecular formula is C25H30BrN5OS. The van der Waals surface area contributed by atoms with Gasteiger partial charge in [-0.3, -0.25) is 9.69 Å². The van der Waals surface area contributed by atoms with Gasteiger partial charge in [-0.1, -0.05) is 35.8 Å². The van der Waals surface area contributed by atoms with E-state index in [0.717, 1.165) is 78.5 Å². The third-order valence-electron chi connectivity index (χ3n) is 6.67. The molecule has 2 aliphatic heterocycles. The highest BCUT2D eigenvalue weighted by Crippen LogP contribution is 2.39. The van der Waals surface area contributed by atoms with Crippen molar-refractivity contribution in [3.63, 3.8) is 0 Å². The van der Waals surface area contributed by atoms with Crippen LogP contribution in [0.15, 0.2) is 28.7 Å². The molecule has 0 N–H and O–H groups in total. The monoisotopic (exact) mass is 527 g/mol. The van der Waals surface area contributed by atoms with Crippen LogP contribution in [0.1, 0.15) is 46.9 Å². The summed E-state index contributed by atoms with van der Waals surface area (Å²) >= 11 is 5.33. The molecule has 8 heteroatoms. The van der Waals surface area contributed by atoms with Crippen LogP contribution in [0, 0.1) is 0 Å². The number of aryl methyl sites for hydroxylation is 1. The first-order valence-corrected chi connectivity index (χ1v) is 13.5. The minimum Gasteiger partial charge on any atom is -0.352 e. The highest BCUT2D eigenvalue weighted by atomic mass is 79.9. The molecule has 174 valence electrons. The van der Waals surface area contributed by atoms with E-state index < -0.39 is 0 Å². The Bertz CT molecular complexity index is 1170. The maximum Gasteiger partial charge on any atom is 0.254 e. The Morgan fingerprint density at radius 1 is 1.12 bits per heavy atom. The zero-order valence-electron chi connectivity index (χ0n) is 19.3. The highest BCUT2D eigenvalue weighted by Gasteiger charge is 2.28. The number of fused-ring (bicyclic) bond motifs is 3. The van der Waals surface area contributed by atoms with Gasteiger partial charge in [-0.05, 0) is 43.1 Å². The quantitative estimate of drug-likeness (QED) is 0.479. The molecule has 5 rings (SSSR count). The summed E-state index contributed by atoms with van der Waals surface area (Å²) in [5, 5.41) is 1.26. The van der Waals surface area contributed by atoms with Crippen LogP contribution in [0.4, 0.5) is 5.82 Å². The minimum absolute atomic E-state index is 0.100. The molecule has 0 aliphatic carbocycles. The van der Waals surface area contributed by atoms with Gasteiger partial charge in [-0.25, -0.2) is 9.97 Å². The Kier molecular flexibility index (Phi) is 6.67. The summed E-state index contributed by atoms with van der Waals surface area (Å²) in [5.41, 5.74) is 2.19. The predicted molar refractivity (Wildman–Crippen MR) is 138 cm³/mol. The van der Waals surface area contributed by atoms with Crippen molar-refractivity contribution >= 4 is 49.2 Å². The average Bonchev–Trinajstić information content (AvgIpc) is 3.21. The third-order valence-corrected chi connectivity index (χ3v) is 8.27. The van der Waals surface area contributed by atoms with E-state index in [9.17, 15) is 4.79 Å². The Balaban J connectivity index is 1.42. The van der Waals surface area contributed by atoms with E-state index in [0.29, 0.717) is 13.1 Å². The van der Waals surface area contributed by atoms with Crippen molar-refractivity contribution in [2.24, 2.45) is 0 Å². The summed E-state index contributed by atoms with van der Waals surface area (Å²) in [7, 11) is 0. The van der Waals surface area contributed by atoms with Crippen LogP contribution >= 0.6 is 27.3 Å². The van der Waals surface area contributed by atoms with Gasteiger partial charge in [-0.2, -0.15) is 0 Å². The normalized spacial score (nSPS) is 16.9. The van der Waals surface area contributed by atoms with Gasteiger partial charge in [-0.15, -0.1) is 11.3 Å². The van der Waals surface area contributed by atoms with E-state index in [-0.39, 0.29) is 5.91 Å². The number of amides is 1. The van der Waals surface area contributed by atoms with Gasteiger partial charge in [0.2, 0.25) is 0 Å². The van der Waals surface area contributed by atoms with E-state index in [4.69, 9.17) is 9.97 Å².